The summed E-state index contributed by atoms with van der Waals surface area (Å²) in [6, 6.07) is 4.06. The molecule has 0 bridgehead atoms. The monoisotopic (exact) mass is 291 g/mol. The molecule has 3 nitrogen and oxygen atoms in total. The van der Waals surface area contributed by atoms with E-state index in [9.17, 15) is 4.79 Å². The highest BCUT2D eigenvalue weighted by atomic mass is 32.1. The summed E-state index contributed by atoms with van der Waals surface area (Å²) in [5.41, 5.74) is 0. The van der Waals surface area contributed by atoms with Gasteiger partial charge in [-0.15, -0.1) is 11.3 Å². The van der Waals surface area contributed by atoms with Gasteiger partial charge in [0.2, 0.25) is 0 Å². The van der Waals surface area contributed by atoms with E-state index in [-0.39, 0.29) is 12.5 Å². The van der Waals surface area contributed by atoms with Crippen molar-refractivity contribution in [1.82, 2.24) is 4.90 Å². The van der Waals surface area contributed by atoms with Crippen LogP contribution in [0.4, 0.5) is 0 Å². The molecule has 108 valence electrons. The van der Waals surface area contributed by atoms with Crippen LogP contribution in [0.25, 0.3) is 0 Å². The van der Waals surface area contributed by atoms with Gasteiger partial charge in [-0.05, 0) is 37.8 Å². The molecule has 1 fully saturated rings. The lowest BCUT2D eigenvalue weighted by atomic mass is 9.92. The Hall–Kier alpha value is -1.31. The van der Waals surface area contributed by atoms with Gasteiger partial charge in [0.05, 0.1) is 16.4 Å². The summed E-state index contributed by atoms with van der Waals surface area (Å²) in [5, 5.41) is 8.70. The standard InChI is InChI=1S/C16H21NO2S/c1-12-6-5-10-17(13(12)2)16(19)15-9-8-14(20-15)7-3-4-11-18/h8-9,12-13,18H,4-6,10-11H2,1-2H3. The van der Waals surface area contributed by atoms with Crippen molar-refractivity contribution in [1.29, 1.82) is 0 Å². The van der Waals surface area contributed by atoms with Gasteiger partial charge in [-0.3, -0.25) is 4.79 Å². The first-order valence-electron chi connectivity index (χ1n) is 7.14. The van der Waals surface area contributed by atoms with E-state index in [1.165, 1.54) is 17.8 Å². The van der Waals surface area contributed by atoms with Crippen LogP contribution in [-0.4, -0.2) is 35.1 Å². The molecule has 2 heterocycles. The molecule has 0 radical (unpaired) electrons. The van der Waals surface area contributed by atoms with Gasteiger partial charge in [0.25, 0.3) is 5.91 Å². The van der Waals surface area contributed by atoms with Crippen LogP contribution in [-0.2, 0) is 0 Å². The maximum absolute atomic E-state index is 12.5. The Bertz CT molecular complexity index is 526. The zero-order valence-corrected chi connectivity index (χ0v) is 12.9. The van der Waals surface area contributed by atoms with E-state index in [0.717, 1.165) is 22.7 Å². The molecule has 1 N–H and O–H groups in total. The van der Waals surface area contributed by atoms with E-state index in [0.29, 0.717) is 18.4 Å². The third-order valence-electron chi connectivity index (χ3n) is 3.90. The minimum atomic E-state index is 0.0767. The molecule has 0 aliphatic carbocycles. The molecule has 0 saturated carbocycles. The number of carbonyl (C=O) groups is 1. The summed E-state index contributed by atoms with van der Waals surface area (Å²) in [7, 11) is 0. The number of nitrogens with zero attached hydrogens (tertiary/aromatic N) is 1. The highest BCUT2D eigenvalue weighted by molar-refractivity contribution is 7.14. The van der Waals surface area contributed by atoms with Crippen molar-refractivity contribution in [2.45, 2.75) is 39.2 Å². The molecule has 2 unspecified atom stereocenters. The topological polar surface area (TPSA) is 40.5 Å². The second-order valence-corrected chi connectivity index (χ2v) is 6.38. The molecule has 2 rings (SSSR count). The Morgan fingerprint density at radius 2 is 2.30 bits per heavy atom. The number of aliphatic hydroxyl groups is 1. The summed E-state index contributed by atoms with van der Waals surface area (Å²) < 4.78 is 0. The Balaban J connectivity index is 2.08. The molecule has 20 heavy (non-hydrogen) atoms. The second kappa shape index (κ2) is 6.92. The van der Waals surface area contributed by atoms with Gasteiger partial charge in [-0.2, -0.15) is 0 Å². The molecule has 1 aliphatic rings. The smallest absolute Gasteiger partial charge is 0.264 e. The number of carbonyl (C=O) groups excluding carboxylic acids is 1. The summed E-state index contributed by atoms with van der Waals surface area (Å²) >= 11 is 1.44. The molecule has 0 spiro atoms. The lowest BCUT2D eigenvalue weighted by Crippen LogP contribution is -2.45. The lowest BCUT2D eigenvalue weighted by Gasteiger charge is -2.37. The molecular weight excluding hydrogens is 270 g/mol. The summed E-state index contributed by atoms with van der Waals surface area (Å²) in [6.45, 7) is 5.28. The zero-order valence-electron chi connectivity index (χ0n) is 12.1. The Labute approximate surface area is 124 Å². The molecule has 1 aromatic rings. The number of likely N-dealkylation sites (tertiary alicyclic amines) is 1. The third kappa shape index (κ3) is 3.41. The second-order valence-electron chi connectivity index (χ2n) is 5.30. The van der Waals surface area contributed by atoms with Gasteiger partial charge < -0.3 is 10.0 Å². The predicted molar refractivity (Wildman–Crippen MR) is 81.8 cm³/mol. The fraction of sp³-hybridized carbons (Fsp3) is 0.562. The molecule has 1 aliphatic heterocycles. The van der Waals surface area contributed by atoms with Crippen molar-refractivity contribution in [2.75, 3.05) is 13.2 Å². The van der Waals surface area contributed by atoms with Gasteiger partial charge >= 0.3 is 0 Å². The number of piperidine rings is 1. The minimum Gasteiger partial charge on any atom is -0.395 e. The van der Waals surface area contributed by atoms with E-state index in [4.69, 9.17) is 5.11 Å². The molecule has 2 atom stereocenters. The van der Waals surface area contributed by atoms with Gasteiger partial charge in [0.15, 0.2) is 0 Å². The number of hydrogen-bond acceptors (Lipinski definition) is 3. The van der Waals surface area contributed by atoms with Crippen molar-refractivity contribution in [3.63, 3.8) is 0 Å². The highest BCUT2D eigenvalue weighted by Gasteiger charge is 2.29. The molecule has 1 aromatic heterocycles. The van der Waals surface area contributed by atoms with Crippen LogP contribution < -0.4 is 0 Å². The van der Waals surface area contributed by atoms with Crippen molar-refractivity contribution in [2.24, 2.45) is 5.92 Å². The van der Waals surface area contributed by atoms with Crippen LogP contribution in [0.2, 0.25) is 0 Å². The average Bonchev–Trinajstić information content (AvgIpc) is 2.90. The Morgan fingerprint density at radius 3 is 3.05 bits per heavy atom. The van der Waals surface area contributed by atoms with Gasteiger partial charge in [0, 0.05) is 19.0 Å². The summed E-state index contributed by atoms with van der Waals surface area (Å²) in [5.74, 6) is 6.56. The predicted octanol–water partition coefficient (Wildman–Crippen LogP) is 2.74. The van der Waals surface area contributed by atoms with Gasteiger partial charge in [-0.25, -0.2) is 0 Å². The van der Waals surface area contributed by atoms with E-state index in [1.807, 2.05) is 17.0 Å². The van der Waals surface area contributed by atoms with Crippen LogP contribution in [0.15, 0.2) is 12.1 Å². The highest BCUT2D eigenvalue weighted by Crippen LogP contribution is 2.26. The number of thiophene rings is 1. The first-order chi connectivity index (χ1) is 9.63. The SMILES string of the molecule is CC1CCCN(C(=O)c2ccc(C#CCCO)s2)C1C. The van der Waals surface area contributed by atoms with E-state index < -0.39 is 0 Å². The molecule has 1 saturated heterocycles. The molecule has 0 aromatic carbocycles. The lowest BCUT2D eigenvalue weighted by molar-refractivity contribution is 0.0556. The maximum Gasteiger partial charge on any atom is 0.264 e. The van der Waals surface area contributed by atoms with E-state index >= 15 is 0 Å². The Kier molecular flexibility index (Phi) is 5.22. The fourth-order valence-corrected chi connectivity index (χ4v) is 3.33. The van der Waals surface area contributed by atoms with Crippen LogP contribution in [0.3, 0.4) is 0 Å². The number of amides is 1. The molecular formula is C16H21NO2S. The molecule has 1 amide bonds. The first-order valence-corrected chi connectivity index (χ1v) is 7.95. The van der Waals surface area contributed by atoms with Crippen LogP contribution >= 0.6 is 11.3 Å². The third-order valence-corrected chi connectivity index (χ3v) is 4.89. The van der Waals surface area contributed by atoms with Crippen molar-refractivity contribution in [3.05, 3.63) is 21.9 Å². The first kappa shape index (κ1) is 15.1. The number of rotatable bonds is 2. The van der Waals surface area contributed by atoms with Gasteiger partial charge in [0.1, 0.15) is 0 Å². The normalized spacial score (nSPS) is 22.2. The summed E-state index contributed by atoms with van der Waals surface area (Å²) in [4.78, 5) is 16.2. The van der Waals surface area contributed by atoms with Crippen LogP contribution in [0, 0.1) is 17.8 Å². The fourth-order valence-electron chi connectivity index (χ4n) is 2.49. The molecule has 4 heteroatoms. The maximum atomic E-state index is 12.5. The minimum absolute atomic E-state index is 0.0767. The van der Waals surface area contributed by atoms with E-state index in [2.05, 4.69) is 25.7 Å². The Morgan fingerprint density at radius 1 is 1.50 bits per heavy atom. The average molecular weight is 291 g/mol. The van der Waals surface area contributed by atoms with Gasteiger partial charge in [-0.1, -0.05) is 18.8 Å². The quantitative estimate of drug-likeness (QED) is 0.851. The number of hydrogen-bond donors (Lipinski definition) is 1. The van der Waals surface area contributed by atoms with Crippen LogP contribution in [0.1, 0.15) is 47.7 Å². The van der Waals surface area contributed by atoms with Crippen molar-refractivity contribution >= 4 is 17.2 Å². The van der Waals surface area contributed by atoms with Crippen molar-refractivity contribution in [3.8, 4) is 11.8 Å². The van der Waals surface area contributed by atoms with Crippen molar-refractivity contribution < 1.29 is 9.90 Å². The van der Waals surface area contributed by atoms with Crippen LogP contribution in [0.5, 0.6) is 0 Å². The number of aliphatic hydroxyl groups excluding tert-OH is 1. The summed E-state index contributed by atoms with van der Waals surface area (Å²) in [6.07, 6.45) is 2.76. The largest absolute Gasteiger partial charge is 0.395 e. The van der Waals surface area contributed by atoms with E-state index in [1.54, 1.807) is 0 Å². The zero-order chi connectivity index (χ0) is 14.5.